The Hall–Kier alpha value is -2.29. The highest BCUT2D eigenvalue weighted by molar-refractivity contribution is 5.73. The lowest BCUT2D eigenvalue weighted by molar-refractivity contribution is -0.118. The zero-order chi connectivity index (χ0) is 21.0. The van der Waals surface area contributed by atoms with E-state index in [0.717, 1.165) is 23.3 Å². The fraction of sp³-hybridized carbons (Fsp3) is 0.542. The van der Waals surface area contributed by atoms with Gasteiger partial charge in [-0.15, -0.1) is 11.8 Å². The number of nitrogens with two attached hydrogens (primary N) is 1. The molecular weight excluding hydrogens is 366 g/mol. The number of amides is 1. The Morgan fingerprint density at radius 2 is 2.24 bits per heavy atom. The lowest BCUT2D eigenvalue weighted by Crippen LogP contribution is -2.19. The van der Waals surface area contributed by atoms with Gasteiger partial charge in [0.15, 0.2) is 0 Å². The first-order valence-electron chi connectivity index (χ1n) is 10.4. The molecule has 3 rings (SSSR count). The molecule has 0 aromatic heterocycles. The van der Waals surface area contributed by atoms with E-state index in [1.807, 2.05) is 25.1 Å². The van der Waals surface area contributed by atoms with Gasteiger partial charge in [0.1, 0.15) is 11.9 Å². The molecule has 1 aromatic rings. The van der Waals surface area contributed by atoms with Crippen LogP contribution in [0.3, 0.4) is 0 Å². The van der Waals surface area contributed by atoms with Crippen LogP contribution in [0.15, 0.2) is 30.4 Å². The van der Waals surface area contributed by atoms with Crippen LogP contribution in [0, 0.1) is 23.7 Å². The number of carbonyl (C=O) groups excluding carboxylic acids is 1. The first-order chi connectivity index (χ1) is 13.9. The second-order valence-electron chi connectivity index (χ2n) is 8.20. The monoisotopic (exact) mass is 397 g/mol. The number of para-hydroxylation sites is 1. The van der Waals surface area contributed by atoms with Crippen molar-refractivity contribution < 1.29 is 19.7 Å². The Kier molecular flexibility index (Phi) is 7.00. The average Bonchev–Trinajstić information content (AvgIpc) is 3.19. The Labute approximate surface area is 173 Å². The third-order valence-corrected chi connectivity index (χ3v) is 6.07. The van der Waals surface area contributed by atoms with E-state index in [9.17, 15) is 15.0 Å². The summed E-state index contributed by atoms with van der Waals surface area (Å²) in [6, 6.07) is 6.10. The van der Waals surface area contributed by atoms with Gasteiger partial charge in [0.25, 0.3) is 0 Å². The third kappa shape index (κ3) is 4.83. The average molecular weight is 398 g/mol. The van der Waals surface area contributed by atoms with Gasteiger partial charge in [0.2, 0.25) is 5.91 Å². The van der Waals surface area contributed by atoms with E-state index in [1.54, 1.807) is 13.0 Å². The molecule has 6 atom stereocenters. The molecule has 1 aliphatic carbocycles. The summed E-state index contributed by atoms with van der Waals surface area (Å²) in [6.45, 7) is 3.77. The van der Waals surface area contributed by atoms with Crippen molar-refractivity contribution in [2.75, 3.05) is 0 Å². The predicted octanol–water partition coefficient (Wildman–Crippen LogP) is 2.69. The molecule has 5 nitrogen and oxygen atoms in total. The topological polar surface area (TPSA) is 92.8 Å². The molecule has 29 heavy (non-hydrogen) atoms. The van der Waals surface area contributed by atoms with Gasteiger partial charge in [-0.2, -0.15) is 0 Å². The van der Waals surface area contributed by atoms with Crippen molar-refractivity contribution in [2.24, 2.45) is 17.6 Å². The number of benzene rings is 1. The summed E-state index contributed by atoms with van der Waals surface area (Å²) < 4.78 is 6.24. The van der Waals surface area contributed by atoms with Crippen LogP contribution in [0.1, 0.15) is 56.6 Å². The van der Waals surface area contributed by atoms with Crippen molar-refractivity contribution in [3.8, 4) is 17.6 Å². The van der Waals surface area contributed by atoms with E-state index >= 15 is 0 Å². The zero-order valence-corrected chi connectivity index (χ0v) is 17.2. The van der Waals surface area contributed by atoms with E-state index in [2.05, 4.69) is 17.9 Å². The number of primary amides is 1. The molecule has 0 radical (unpaired) electrons. The number of aliphatic hydroxyl groups excluding tert-OH is 2. The summed E-state index contributed by atoms with van der Waals surface area (Å²) in [6.07, 6.45) is 5.61. The molecule has 1 amide bonds. The molecule has 0 bridgehead atoms. The maximum absolute atomic E-state index is 11.0. The summed E-state index contributed by atoms with van der Waals surface area (Å²) in [5.74, 6) is 6.48. The van der Waals surface area contributed by atoms with Crippen molar-refractivity contribution in [1.29, 1.82) is 0 Å². The number of carbonyl (C=O) groups is 1. The minimum absolute atomic E-state index is 0.0389. The Bertz CT molecular complexity index is 822. The molecule has 2 aliphatic rings. The van der Waals surface area contributed by atoms with Gasteiger partial charge < -0.3 is 20.7 Å². The Morgan fingerprint density at radius 1 is 1.45 bits per heavy atom. The van der Waals surface area contributed by atoms with Crippen molar-refractivity contribution in [3.05, 3.63) is 41.5 Å². The van der Waals surface area contributed by atoms with Crippen LogP contribution >= 0.6 is 0 Å². The van der Waals surface area contributed by atoms with Crippen molar-refractivity contribution in [1.82, 2.24) is 0 Å². The van der Waals surface area contributed by atoms with Gasteiger partial charge in [-0.05, 0) is 31.2 Å². The van der Waals surface area contributed by atoms with Gasteiger partial charge in [-0.3, -0.25) is 4.79 Å². The molecule has 5 heteroatoms. The highest BCUT2D eigenvalue weighted by atomic mass is 16.5. The molecule has 1 aliphatic heterocycles. The van der Waals surface area contributed by atoms with Crippen LogP contribution in [-0.4, -0.2) is 34.4 Å². The summed E-state index contributed by atoms with van der Waals surface area (Å²) in [5, 5.41) is 21.0. The number of hydrogen-bond donors (Lipinski definition) is 3. The van der Waals surface area contributed by atoms with Crippen molar-refractivity contribution in [2.45, 2.75) is 70.2 Å². The molecule has 156 valence electrons. The smallest absolute Gasteiger partial charge is 0.217 e. The van der Waals surface area contributed by atoms with Crippen molar-refractivity contribution >= 4 is 5.91 Å². The van der Waals surface area contributed by atoms with Gasteiger partial charge in [0, 0.05) is 36.7 Å². The van der Waals surface area contributed by atoms with Crippen LogP contribution in [0.4, 0.5) is 0 Å². The molecule has 4 N–H and O–H groups in total. The molecule has 0 unspecified atom stereocenters. The first-order valence-corrected chi connectivity index (χ1v) is 10.4. The lowest BCUT2D eigenvalue weighted by atomic mass is 9.86. The summed E-state index contributed by atoms with van der Waals surface area (Å²) in [7, 11) is 0. The van der Waals surface area contributed by atoms with E-state index in [4.69, 9.17) is 10.5 Å². The summed E-state index contributed by atoms with van der Waals surface area (Å²) in [5.41, 5.74) is 7.44. The van der Waals surface area contributed by atoms with E-state index in [1.165, 1.54) is 0 Å². The maximum atomic E-state index is 11.0. The van der Waals surface area contributed by atoms with Crippen LogP contribution in [0.2, 0.25) is 0 Å². The quantitative estimate of drug-likeness (QED) is 0.464. The molecule has 0 saturated heterocycles. The number of ether oxygens (including phenoxy) is 1. The highest BCUT2D eigenvalue weighted by Crippen LogP contribution is 2.52. The first kappa shape index (κ1) is 21.4. The van der Waals surface area contributed by atoms with Crippen LogP contribution in [-0.2, 0) is 11.2 Å². The number of rotatable bonds is 8. The molecule has 0 spiro atoms. The minimum Gasteiger partial charge on any atom is -0.489 e. The number of hydrogen-bond acceptors (Lipinski definition) is 4. The highest BCUT2D eigenvalue weighted by Gasteiger charge is 2.48. The van der Waals surface area contributed by atoms with Gasteiger partial charge in [-0.25, -0.2) is 0 Å². The fourth-order valence-electron chi connectivity index (χ4n) is 4.43. The molecule has 1 saturated carbocycles. The zero-order valence-electron chi connectivity index (χ0n) is 17.2. The molecule has 1 heterocycles. The second kappa shape index (κ2) is 9.47. The lowest BCUT2D eigenvalue weighted by Gasteiger charge is -2.19. The SMILES string of the molecule is CC#CC[C@H](C)[C@H](O)/C=C/[C@@H]1[C@H]2c3cccc(CCCC(N)=O)c3O[C@H]2C[C@H]1O. The standard InChI is InChI=1S/C24H31NO4/c1-3-4-7-15(2)19(26)13-12-17-20(27)14-21-23(17)18-10-5-8-16(24(18)29-21)9-6-11-22(25)28/h5,8,10,12-13,15,17,19-21,23,26-27H,6-7,9,11,14H2,1-2H3,(H2,25,28)/b13-12+/t15-,17-,19+,20+,21-,23-/m0/s1. The maximum Gasteiger partial charge on any atom is 0.217 e. The van der Waals surface area contributed by atoms with Gasteiger partial charge in [-0.1, -0.05) is 37.3 Å². The molecule has 1 aromatic carbocycles. The van der Waals surface area contributed by atoms with Crippen LogP contribution in [0.5, 0.6) is 5.75 Å². The Balaban J connectivity index is 1.75. The minimum atomic E-state index is -0.593. The summed E-state index contributed by atoms with van der Waals surface area (Å²) >= 11 is 0. The van der Waals surface area contributed by atoms with E-state index in [-0.39, 0.29) is 29.8 Å². The van der Waals surface area contributed by atoms with E-state index in [0.29, 0.717) is 25.7 Å². The molecule has 1 fully saturated rings. The fourth-order valence-corrected chi connectivity index (χ4v) is 4.43. The number of fused-ring (bicyclic) bond motifs is 3. The second-order valence-corrected chi connectivity index (χ2v) is 8.20. The predicted molar refractivity (Wildman–Crippen MR) is 112 cm³/mol. The molecular formula is C24H31NO4. The van der Waals surface area contributed by atoms with Crippen LogP contribution in [0.25, 0.3) is 0 Å². The summed E-state index contributed by atoms with van der Waals surface area (Å²) in [4.78, 5) is 11.0. The van der Waals surface area contributed by atoms with Gasteiger partial charge >= 0.3 is 0 Å². The normalized spacial score (nSPS) is 26.9. The van der Waals surface area contributed by atoms with Crippen LogP contribution < -0.4 is 10.5 Å². The Morgan fingerprint density at radius 3 is 2.97 bits per heavy atom. The van der Waals surface area contributed by atoms with Gasteiger partial charge in [0.05, 0.1) is 12.2 Å². The van der Waals surface area contributed by atoms with Crippen molar-refractivity contribution in [3.63, 3.8) is 0 Å². The number of aryl methyl sites for hydroxylation is 1. The largest absolute Gasteiger partial charge is 0.489 e. The van der Waals surface area contributed by atoms with E-state index < -0.39 is 12.2 Å². The third-order valence-electron chi connectivity index (χ3n) is 6.07. The number of aliphatic hydroxyl groups is 2.